The minimum absolute atomic E-state index is 0.418. The van der Waals surface area contributed by atoms with Crippen molar-refractivity contribution in [3.63, 3.8) is 0 Å². The van der Waals surface area contributed by atoms with E-state index >= 15 is 0 Å². The van der Waals surface area contributed by atoms with Crippen molar-refractivity contribution in [3.8, 4) is 12.3 Å². The highest BCUT2D eigenvalue weighted by atomic mass is 16.4. The van der Waals surface area contributed by atoms with Crippen LogP contribution in [0, 0.1) is 24.2 Å². The average Bonchev–Trinajstić information content (AvgIpc) is 2.15. The van der Waals surface area contributed by atoms with E-state index in [1.807, 2.05) is 0 Å². The van der Waals surface area contributed by atoms with Gasteiger partial charge in [0.2, 0.25) is 0 Å². The number of nitrogens with one attached hydrogen (secondary N) is 1. The fraction of sp³-hybridized carbons (Fsp3) is 0.700. The lowest BCUT2D eigenvalue weighted by Gasteiger charge is -2.25. The maximum absolute atomic E-state index is 10.2. The number of amides is 1. The molecule has 0 heterocycles. The lowest BCUT2D eigenvalue weighted by Crippen LogP contribution is -2.29. The smallest absolute Gasteiger partial charge is 0.404 e. The SMILES string of the molecule is C#CC1CCC(CNC(=O)O)CC1. The molecule has 1 aliphatic rings. The Morgan fingerprint density at radius 3 is 2.54 bits per heavy atom. The van der Waals surface area contributed by atoms with Crippen LogP contribution in [0.25, 0.3) is 0 Å². The molecule has 0 aliphatic heterocycles. The van der Waals surface area contributed by atoms with Gasteiger partial charge in [0.1, 0.15) is 0 Å². The molecule has 3 nitrogen and oxygen atoms in total. The van der Waals surface area contributed by atoms with Crippen LogP contribution in [0.2, 0.25) is 0 Å². The molecule has 13 heavy (non-hydrogen) atoms. The van der Waals surface area contributed by atoms with Crippen molar-refractivity contribution in [3.05, 3.63) is 0 Å². The van der Waals surface area contributed by atoms with Gasteiger partial charge >= 0.3 is 6.09 Å². The van der Waals surface area contributed by atoms with E-state index in [-0.39, 0.29) is 0 Å². The summed E-state index contributed by atoms with van der Waals surface area (Å²) in [4.78, 5) is 10.2. The Kier molecular flexibility index (Phi) is 3.63. The maximum Gasteiger partial charge on any atom is 0.404 e. The zero-order chi connectivity index (χ0) is 9.68. The first-order valence-corrected chi connectivity index (χ1v) is 4.65. The highest BCUT2D eigenvalue weighted by molar-refractivity contribution is 5.64. The van der Waals surface area contributed by atoms with E-state index < -0.39 is 6.09 Å². The van der Waals surface area contributed by atoms with Crippen LogP contribution < -0.4 is 5.32 Å². The summed E-state index contributed by atoms with van der Waals surface area (Å²) >= 11 is 0. The lowest BCUT2D eigenvalue weighted by atomic mass is 9.82. The van der Waals surface area contributed by atoms with Crippen molar-refractivity contribution in [1.29, 1.82) is 0 Å². The van der Waals surface area contributed by atoms with E-state index in [2.05, 4.69) is 11.2 Å². The summed E-state index contributed by atoms with van der Waals surface area (Å²) in [5.41, 5.74) is 0. The Morgan fingerprint density at radius 1 is 1.46 bits per heavy atom. The van der Waals surface area contributed by atoms with E-state index in [9.17, 15) is 4.79 Å². The van der Waals surface area contributed by atoms with Gasteiger partial charge in [0.25, 0.3) is 0 Å². The van der Waals surface area contributed by atoms with Crippen molar-refractivity contribution in [2.75, 3.05) is 6.54 Å². The molecule has 0 aromatic carbocycles. The number of rotatable bonds is 2. The van der Waals surface area contributed by atoms with Crippen molar-refractivity contribution >= 4 is 6.09 Å². The first-order valence-electron chi connectivity index (χ1n) is 4.65. The minimum Gasteiger partial charge on any atom is -0.465 e. The Labute approximate surface area is 78.5 Å². The van der Waals surface area contributed by atoms with Crippen LogP contribution in [0.15, 0.2) is 0 Å². The molecule has 1 saturated carbocycles. The molecule has 0 unspecified atom stereocenters. The van der Waals surface area contributed by atoms with Gasteiger partial charge < -0.3 is 10.4 Å². The first-order chi connectivity index (χ1) is 6.22. The van der Waals surface area contributed by atoms with Gasteiger partial charge in [-0.05, 0) is 31.6 Å². The number of terminal acetylenes is 1. The van der Waals surface area contributed by atoms with Gasteiger partial charge in [-0.1, -0.05) is 0 Å². The molecule has 0 saturated heterocycles. The van der Waals surface area contributed by atoms with Crippen molar-refractivity contribution in [1.82, 2.24) is 5.32 Å². The summed E-state index contributed by atoms with van der Waals surface area (Å²) in [5.74, 6) is 3.66. The van der Waals surface area contributed by atoms with Gasteiger partial charge in [-0.25, -0.2) is 4.79 Å². The van der Waals surface area contributed by atoms with Crippen LogP contribution in [-0.2, 0) is 0 Å². The topological polar surface area (TPSA) is 49.3 Å². The minimum atomic E-state index is -0.931. The second-order valence-corrected chi connectivity index (χ2v) is 3.57. The molecule has 72 valence electrons. The molecule has 0 spiro atoms. The molecule has 0 bridgehead atoms. The molecular formula is C10H15NO2. The molecule has 0 aromatic heterocycles. The van der Waals surface area contributed by atoms with Crippen LogP contribution >= 0.6 is 0 Å². The number of hydrogen-bond acceptors (Lipinski definition) is 1. The highest BCUT2D eigenvalue weighted by Crippen LogP contribution is 2.27. The summed E-state index contributed by atoms with van der Waals surface area (Å²) in [6, 6.07) is 0. The Balaban J connectivity index is 2.18. The zero-order valence-corrected chi connectivity index (χ0v) is 7.62. The molecule has 0 atom stereocenters. The van der Waals surface area contributed by atoms with Crippen LogP contribution in [0.3, 0.4) is 0 Å². The van der Waals surface area contributed by atoms with Crippen molar-refractivity contribution < 1.29 is 9.90 Å². The third kappa shape index (κ3) is 3.37. The second-order valence-electron chi connectivity index (χ2n) is 3.57. The Morgan fingerprint density at radius 2 is 2.08 bits per heavy atom. The van der Waals surface area contributed by atoms with Gasteiger partial charge in [0.15, 0.2) is 0 Å². The standard InChI is InChI=1S/C10H15NO2/c1-2-8-3-5-9(6-4-8)7-11-10(12)13/h1,8-9,11H,3-7H2,(H,12,13). The van der Waals surface area contributed by atoms with E-state index in [0.717, 1.165) is 25.7 Å². The molecular weight excluding hydrogens is 166 g/mol. The summed E-state index contributed by atoms with van der Waals surface area (Å²) in [5, 5.41) is 10.8. The fourth-order valence-corrected chi connectivity index (χ4v) is 1.76. The summed E-state index contributed by atoms with van der Waals surface area (Å²) in [6.45, 7) is 0.576. The van der Waals surface area contributed by atoms with Gasteiger partial charge in [-0.15, -0.1) is 12.3 Å². The quantitative estimate of drug-likeness (QED) is 0.637. The predicted molar refractivity (Wildman–Crippen MR) is 50.3 cm³/mol. The van der Waals surface area contributed by atoms with Crippen LogP contribution in [0.4, 0.5) is 4.79 Å². The monoisotopic (exact) mass is 181 g/mol. The highest BCUT2D eigenvalue weighted by Gasteiger charge is 2.19. The first kappa shape index (κ1) is 9.91. The number of carbonyl (C=O) groups is 1. The predicted octanol–water partition coefficient (Wildman–Crippen LogP) is 1.69. The second kappa shape index (κ2) is 4.76. The van der Waals surface area contributed by atoms with Crippen LogP contribution in [0.5, 0.6) is 0 Å². The van der Waals surface area contributed by atoms with Gasteiger partial charge in [0.05, 0.1) is 0 Å². The van der Waals surface area contributed by atoms with Crippen molar-refractivity contribution in [2.45, 2.75) is 25.7 Å². The summed E-state index contributed by atoms with van der Waals surface area (Å²) < 4.78 is 0. The van der Waals surface area contributed by atoms with Crippen LogP contribution in [0.1, 0.15) is 25.7 Å². The zero-order valence-electron chi connectivity index (χ0n) is 7.62. The number of carboxylic acid groups (broad SMARTS) is 1. The Bertz CT molecular complexity index is 211. The maximum atomic E-state index is 10.2. The lowest BCUT2D eigenvalue weighted by molar-refractivity contribution is 0.189. The van der Waals surface area contributed by atoms with E-state index in [0.29, 0.717) is 18.4 Å². The summed E-state index contributed by atoms with van der Waals surface area (Å²) in [7, 11) is 0. The normalized spacial score (nSPS) is 27.6. The molecule has 1 rings (SSSR count). The number of hydrogen-bond donors (Lipinski definition) is 2. The van der Waals surface area contributed by atoms with Gasteiger partial charge in [-0.2, -0.15) is 0 Å². The Hall–Kier alpha value is -1.17. The molecule has 1 fully saturated rings. The fourth-order valence-electron chi connectivity index (χ4n) is 1.76. The van der Waals surface area contributed by atoms with Gasteiger partial charge in [0, 0.05) is 12.5 Å². The molecule has 1 aliphatic carbocycles. The van der Waals surface area contributed by atoms with E-state index in [1.165, 1.54) is 0 Å². The molecule has 3 heteroatoms. The van der Waals surface area contributed by atoms with Crippen molar-refractivity contribution in [2.24, 2.45) is 11.8 Å². The van der Waals surface area contributed by atoms with E-state index in [4.69, 9.17) is 11.5 Å². The summed E-state index contributed by atoms with van der Waals surface area (Å²) in [6.07, 6.45) is 8.57. The third-order valence-electron chi connectivity index (χ3n) is 2.62. The average molecular weight is 181 g/mol. The third-order valence-corrected chi connectivity index (χ3v) is 2.62. The van der Waals surface area contributed by atoms with E-state index in [1.54, 1.807) is 0 Å². The molecule has 0 radical (unpaired) electrons. The van der Waals surface area contributed by atoms with Crippen LogP contribution in [-0.4, -0.2) is 17.7 Å². The van der Waals surface area contributed by atoms with Gasteiger partial charge in [-0.3, -0.25) is 0 Å². The molecule has 0 aromatic rings. The largest absolute Gasteiger partial charge is 0.465 e. The molecule has 1 amide bonds. The molecule has 2 N–H and O–H groups in total.